The van der Waals surface area contributed by atoms with Crippen LogP contribution in [-0.2, 0) is 19.6 Å². The fourth-order valence-electron chi connectivity index (χ4n) is 3.76. The molecule has 0 spiro atoms. The average Bonchev–Trinajstić information content (AvgIpc) is 3.46. The Bertz CT molecular complexity index is 1080. The van der Waals surface area contributed by atoms with E-state index in [-0.39, 0.29) is 11.4 Å². The van der Waals surface area contributed by atoms with Crippen LogP contribution in [0.3, 0.4) is 0 Å². The van der Waals surface area contributed by atoms with Crippen molar-refractivity contribution in [2.75, 3.05) is 37.7 Å². The van der Waals surface area contributed by atoms with E-state index in [9.17, 15) is 18.0 Å². The van der Waals surface area contributed by atoms with Crippen molar-refractivity contribution in [3.05, 3.63) is 40.9 Å². The Balaban J connectivity index is 1.40. The van der Waals surface area contributed by atoms with Gasteiger partial charge in [0, 0.05) is 19.6 Å². The fourth-order valence-corrected chi connectivity index (χ4v) is 6.45. The highest BCUT2D eigenvalue weighted by Crippen LogP contribution is 2.27. The van der Waals surface area contributed by atoms with Crippen LogP contribution in [0, 0.1) is 6.92 Å². The van der Waals surface area contributed by atoms with E-state index in [4.69, 9.17) is 4.74 Å². The molecule has 1 unspecified atom stereocenters. The van der Waals surface area contributed by atoms with Crippen LogP contribution in [0.2, 0.25) is 0 Å². The van der Waals surface area contributed by atoms with Crippen molar-refractivity contribution in [3.8, 4) is 0 Å². The molecule has 1 aromatic heterocycles. The van der Waals surface area contributed by atoms with Crippen molar-refractivity contribution >= 4 is 38.3 Å². The van der Waals surface area contributed by atoms with Gasteiger partial charge in [0.15, 0.2) is 5.13 Å². The molecule has 2 saturated heterocycles. The van der Waals surface area contributed by atoms with Crippen LogP contribution in [0.25, 0.3) is 0 Å². The maximum absolute atomic E-state index is 12.9. The number of sulfonamides is 1. The number of thiazole rings is 1. The molecular formula is C20H25N5O5S2. The molecule has 1 aromatic carbocycles. The number of ether oxygens (including phenoxy) is 1. The van der Waals surface area contributed by atoms with Crippen LogP contribution in [0.15, 0.2) is 35.2 Å². The third-order valence-electron chi connectivity index (χ3n) is 5.43. The molecule has 32 heavy (non-hydrogen) atoms. The van der Waals surface area contributed by atoms with Crippen LogP contribution in [-0.4, -0.2) is 68.4 Å². The Morgan fingerprint density at radius 3 is 2.56 bits per heavy atom. The molecule has 3 heterocycles. The number of benzene rings is 1. The molecule has 12 heteroatoms. The molecule has 4 rings (SSSR count). The summed E-state index contributed by atoms with van der Waals surface area (Å²) in [5.74, 6) is -1.05. The predicted octanol–water partition coefficient (Wildman–Crippen LogP) is 0.902. The van der Waals surface area contributed by atoms with Crippen LogP contribution < -0.4 is 15.8 Å². The van der Waals surface area contributed by atoms with E-state index >= 15 is 0 Å². The summed E-state index contributed by atoms with van der Waals surface area (Å²) in [5, 5.41) is 0.734. The highest BCUT2D eigenvalue weighted by atomic mass is 32.2. The van der Waals surface area contributed by atoms with Gasteiger partial charge >= 0.3 is 0 Å². The molecule has 1 atom stereocenters. The molecule has 0 saturated carbocycles. The minimum absolute atomic E-state index is 0.139. The van der Waals surface area contributed by atoms with E-state index in [2.05, 4.69) is 20.7 Å². The van der Waals surface area contributed by atoms with E-state index in [1.165, 1.54) is 27.8 Å². The van der Waals surface area contributed by atoms with Gasteiger partial charge in [0.25, 0.3) is 11.8 Å². The summed E-state index contributed by atoms with van der Waals surface area (Å²) >= 11 is 1.25. The first-order valence-corrected chi connectivity index (χ1v) is 12.6. The Hall–Kier alpha value is -2.54. The maximum Gasteiger partial charge on any atom is 0.281 e. The SMILES string of the molecule is Cc1nc(N2CCOCC2)sc1C(=O)NNC(=O)C1CCCN1S(=O)(=O)c1ccccc1. The van der Waals surface area contributed by atoms with E-state index in [0.717, 1.165) is 5.13 Å². The largest absolute Gasteiger partial charge is 0.378 e. The number of nitrogens with zero attached hydrogens (tertiary/aromatic N) is 3. The molecule has 2 aliphatic heterocycles. The number of amides is 2. The van der Waals surface area contributed by atoms with E-state index in [1.807, 2.05) is 0 Å². The topological polar surface area (TPSA) is 121 Å². The minimum Gasteiger partial charge on any atom is -0.378 e. The van der Waals surface area contributed by atoms with Gasteiger partial charge in [-0.1, -0.05) is 29.5 Å². The van der Waals surface area contributed by atoms with Gasteiger partial charge in [-0.05, 0) is 31.9 Å². The van der Waals surface area contributed by atoms with Gasteiger partial charge in [-0.3, -0.25) is 20.4 Å². The Labute approximate surface area is 190 Å². The van der Waals surface area contributed by atoms with Crippen molar-refractivity contribution in [2.24, 2.45) is 0 Å². The molecular weight excluding hydrogens is 454 g/mol. The van der Waals surface area contributed by atoms with Crippen LogP contribution in [0.4, 0.5) is 5.13 Å². The second-order valence-corrected chi connectivity index (χ2v) is 10.4. The van der Waals surface area contributed by atoms with Gasteiger partial charge in [-0.2, -0.15) is 4.31 Å². The fraction of sp³-hybridized carbons (Fsp3) is 0.450. The van der Waals surface area contributed by atoms with Crippen LogP contribution in [0.5, 0.6) is 0 Å². The van der Waals surface area contributed by atoms with Crippen molar-refractivity contribution in [1.29, 1.82) is 0 Å². The number of rotatable bonds is 5. The smallest absolute Gasteiger partial charge is 0.281 e. The first-order valence-electron chi connectivity index (χ1n) is 10.3. The summed E-state index contributed by atoms with van der Waals surface area (Å²) < 4.78 is 32.4. The van der Waals surface area contributed by atoms with E-state index in [1.54, 1.807) is 25.1 Å². The first-order chi connectivity index (χ1) is 15.4. The molecule has 10 nitrogen and oxygen atoms in total. The molecule has 0 radical (unpaired) electrons. The number of nitrogens with one attached hydrogen (secondary N) is 2. The van der Waals surface area contributed by atoms with Gasteiger partial charge < -0.3 is 9.64 Å². The molecule has 2 amide bonds. The van der Waals surface area contributed by atoms with E-state index in [0.29, 0.717) is 49.7 Å². The van der Waals surface area contributed by atoms with Crippen molar-refractivity contribution in [2.45, 2.75) is 30.7 Å². The lowest BCUT2D eigenvalue weighted by Gasteiger charge is -2.26. The number of carbonyl (C=O) groups is 2. The number of aromatic nitrogens is 1. The summed E-state index contributed by atoms with van der Waals surface area (Å²) in [5.41, 5.74) is 5.37. The number of carbonyl (C=O) groups excluding carboxylic acids is 2. The molecule has 2 aromatic rings. The standard InChI is InChI=1S/C20H25N5O5S2/c1-14-17(31-20(21-14)24-10-12-30-13-11-24)19(27)23-22-18(26)16-8-5-9-25(16)32(28,29)15-6-3-2-4-7-15/h2-4,6-7,16H,5,8-13H2,1H3,(H,22,26)(H,23,27). The molecule has 2 N–H and O–H groups in total. The number of morpholine rings is 1. The predicted molar refractivity (Wildman–Crippen MR) is 119 cm³/mol. The zero-order valence-corrected chi connectivity index (χ0v) is 19.2. The zero-order chi connectivity index (χ0) is 22.7. The molecule has 2 aliphatic rings. The molecule has 0 bridgehead atoms. The van der Waals surface area contributed by atoms with Gasteiger partial charge in [0.1, 0.15) is 10.9 Å². The highest BCUT2D eigenvalue weighted by molar-refractivity contribution is 7.89. The van der Waals surface area contributed by atoms with Crippen molar-refractivity contribution in [1.82, 2.24) is 20.1 Å². The third-order valence-corrected chi connectivity index (χ3v) is 8.57. The van der Waals surface area contributed by atoms with E-state index < -0.39 is 27.9 Å². The summed E-state index contributed by atoms with van der Waals surface area (Å²) in [7, 11) is -3.80. The Morgan fingerprint density at radius 1 is 1.12 bits per heavy atom. The molecule has 172 valence electrons. The molecule has 0 aliphatic carbocycles. The normalized spacial score (nSPS) is 19.7. The lowest BCUT2D eigenvalue weighted by atomic mass is 10.2. The zero-order valence-electron chi connectivity index (χ0n) is 17.6. The summed E-state index contributed by atoms with van der Waals surface area (Å²) in [4.78, 5) is 32.4. The van der Waals surface area contributed by atoms with Gasteiger partial charge in [0.05, 0.1) is 23.8 Å². The summed E-state index contributed by atoms with van der Waals surface area (Å²) in [6.07, 6.45) is 0.948. The third kappa shape index (κ3) is 4.63. The lowest BCUT2D eigenvalue weighted by Crippen LogP contribution is -2.51. The monoisotopic (exact) mass is 479 g/mol. The highest BCUT2D eigenvalue weighted by Gasteiger charge is 2.39. The van der Waals surface area contributed by atoms with Crippen molar-refractivity contribution in [3.63, 3.8) is 0 Å². The minimum atomic E-state index is -3.80. The van der Waals surface area contributed by atoms with Crippen molar-refractivity contribution < 1.29 is 22.7 Å². The van der Waals surface area contributed by atoms with Crippen LogP contribution in [0.1, 0.15) is 28.2 Å². The van der Waals surface area contributed by atoms with Gasteiger partial charge in [-0.25, -0.2) is 13.4 Å². The summed E-state index contributed by atoms with van der Waals surface area (Å²) in [6.45, 7) is 4.62. The Morgan fingerprint density at radius 2 is 1.84 bits per heavy atom. The van der Waals surface area contributed by atoms with Gasteiger partial charge in [0.2, 0.25) is 10.0 Å². The number of anilines is 1. The first kappa shape index (κ1) is 22.6. The van der Waals surface area contributed by atoms with Crippen LogP contribution >= 0.6 is 11.3 Å². The number of hydrazine groups is 1. The number of hydrogen-bond acceptors (Lipinski definition) is 8. The lowest BCUT2D eigenvalue weighted by molar-refractivity contribution is -0.125. The number of hydrogen-bond donors (Lipinski definition) is 2. The van der Waals surface area contributed by atoms with Gasteiger partial charge in [-0.15, -0.1) is 0 Å². The quantitative estimate of drug-likeness (QED) is 0.611. The second-order valence-electron chi connectivity index (χ2n) is 7.54. The molecule has 2 fully saturated rings. The second kappa shape index (κ2) is 9.53. The average molecular weight is 480 g/mol. The Kier molecular flexibility index (Phi) is 6.74. The summed E-state index contributed by atoms with van der Waals surface area (Å²) in [6, 6.07) is 7.13. The maximum atomic E-state index is 12.9. The number of aryl methyl sites for hydroxylation is 1.